The van der Waals surface area contributed by atoms with E-state index < -0.39 is 11.3 Å². The topological polar surface area (TPSA) is 17.1 Å². The summed E-state index contributed by atoms with van der Waals surface area (Å²) in [6.45, 7) is 3.69. The van der Waals surface area contributed by atoms with Gasteiger partial charge in [0, 0.05) is 18.8 Å². The zero-order valence-corrected chi connectivity index (χ0v) is 11.5. The van der Waals surface area contributed by atoms with Crippen molar-refractivity contribution in [3.05, 3.63) is 35.9 Å². The van der Waals surface area contributed by atoms with Crippen LogP contribution in [-0.2, 0) is 10.2 Å². The molecule has 1 aromatic carbocycles. The van der Waals surface area contributed by atoms with Gasteiger partial charge in [-0.3, -0.25) is 4.79 Å². The Morgan fingerprint density at radius 1 is 1.05 bits per heavy atom. The predicted molar refractivity (Wildman–Crippen MR) is 71.4 cm³/mol. The summed E-state index contributed by atoms with van der Waals surface area (Å²) in [6.07, 6.45) is 0.114. The molecule has 1 aromatic rings. The maximum atomic E-state index is 13.4. The van der Waals surface area contributed by atoms with Crippen LogP contribution < -0.4 is 0 Å². The fraction of sp³-hybridized carbons (Fsp3) is 0.562. The summed E-state index contributed by atoms with van der Waals surface area (Å²) < 4.78 is 26.8. The first-order valence-electron chi connectivity index (χ1n) is 6.85. The van der Waals surface area contributed by atoms with Crippen LogP contribution in [0.5, 0.6) is 0 Å². The smallest absolute Gasteiger partial charge is 0.248 e. The van der Waals surface area contributed by atoms with Gasteiger partial charge in [-0.15, -0.1) is 0 Å². The highest BCUT2D eigenvalue weighted by Gasteiger charge is 2.48. The summed E-state index contributed by atoms with van der Waals surface area (Å²) in [4.78, 5) is 12.6. The zero-order valence-electron chi connectivity index (χ0n) is 11.5. The lowest BCUT2D eigenvalue weighted by atomic mass is 9.64. The fourth-order valence-electron chi connectivity index (χ4n) is 3.03. The van der Waals surface area contributed by atoms with Crippen LogP contribution in [0.15, 0.2) is 30.3 Å². The van der Waals surface area contributed by atoms with Gasteiger partial charge in [-0.25, -0.2) is 8.78 Å². The molecular weight excluding hydrogens is 246 g/mol. The molecule has 0 saturated heterocycles. The van der Waals surface area contributed by atoms with Crippen LogP contribution in [0.25, 0.3) is 0 Å². The molecule has 104 valence electrons. The maximum Gasteiger partial charge on any atom is 0.248 e. The van der Waals surface area contributed by atoms with Crippen molar-refractivity contribution in [3.8, 4) is 0 Å². The van der Waals surface area contributed by atoms with E-state index in [-0.39, 0.29) is 37.4 Å². The molecule has 0 atom stereocenters. The van der Waals surface area contributed by atoms with Gasteiger partial charge in [-0.1, -0.05) is 44.2 Å². The molecular formula is C16H20F2O. The van der Waals surface area contributed by atoms with Crippen molar-refractivity contribution in [1.29, 1.82) is 0 Å². The van der Waals surface area contributed by atoms with Crippen LogP contribution >= 0.6 is 0 Å². The van der Waals surface area contributed by atoms with Gasteiger partial charge >= 0.3 is 0 Å². The van der Waals surface area contributed by atoms with E-state index in [1.54, 1.807) is 0 Å². The Balaban J connectivity index is 2.38. The lowest BCUT2D eigenvalue weighted by Gasteiger charge is -2.40. The Morgan fingerprint density at radius 3 is 2.05 bits per heavy atom. The molecule has 0 bridgehead atoms. The van der Waals surface area contributed by atoms with Crippen molar-refractivity contribution in [2.75, 3.05) is 0 Å². The van der Waals surface area contributed by atoms with Gasteiger partial charge in [0.15, 0.2) is 0 Å². The molecule has 2 rings (SSSR count). The molecule has 0 aliphatic heterocycles. The zero-order chi connectivity index (χ0) is 14.1. The Kier molecular flexibility index (Phi) is 3.75. The number of rotatable bonds is 3. The number of hydrogen-bond donors (Lipinski definition) is 0. The van der Waals surface area contributed by atoms with Gasteiger partial charge in [-0.05, 0) is 18.4 Å². The van der Waals surface area contributed by atoms with E-state index in [1.807, 2.05) is 44.2 Å². The second-order valence-corrected chi connectivity index (χ2v) is 5.82. The summed E-state index contributed by atoms with van der Waals surface area (Å²) >= 11 is 0. The maximum absolute atomic E-state index is 13.4. The van der Waals surface area contributed by atoms with E-state index in [1.165, 1.54) is 0 Å². The minimum Gasteiger partial charge on any atom is -0.298 e. The highest BCUT2D eigenvalue weighted by atomic mass is 19.3. The third kappa shape index (κ3) is 2.70. The lowest BCUT2D eigenvalue weighted by molar-refractivity contribution is -0.133. The van der Waals surface area contributed by atoms with Crippen LogP contribution in [0.4, 0.5) is 8.78 Å². The van der Waals surface area contributed by atoms with Crippen LogP contribution in [0.2, 0.25) is 0 Å². The molecule has 1 nitrogen and oxygen atoms in total. The second kappa shape index (κ2) is 5.03. The van der Waals surface area contributed by atoms with Crippen molar-refractivity contribution in [2.45, 2.75) is 50.9 Å². The molecule has 1 saturated carbocycles. The van der Waals surface area contributed by atoms with Gasteiger partial charge in [0.05, 0.1) is 5.41 Å². The third-order valence-corrected chi connectivity index (χ3v) is 4.16. The minimum absolute atomic E-state index is 0.0919. The standard InChI is InChI=1S/C16H20F2O/c1-12(2)14(19)15(13-6-4-3-5-7-13)8-10-16(17,18)11-9-15/h3-7,12H,8-11H2,1-2H3. The van der Waals surface area contributed by atoms with Crippen LogP contribution in [-0.4, -0.2) is 11.7 Å². The van der Waals surface area contributed by atoms with E-state index >= 15 is 0 Å². The normalized spacial score (nSPS) is 21.3. The molecule has 0 heterocycles. The number of hydrogen-bond acceptors (Lipinski definition) is 1. The molecule has 3 heteroatoms. The van der Waals surface area contributed by atoms with Gasteiger partial charge in [-0.2, -0.15) is 0 Å². The summed E-state index contributed by atoms with van der Waals surface area (Å²) in [7, 11) is 0. The number of Topliss-reactive ketones (excluding diaryl/α,β-unsaturated/α-hetero) is 1. The molecule has 0 radical (unpaired) electrons. The molecule has 0 unspecified atom stereocenters. The quantitative estimate of drug-likeness (QED) is 0.794. The Hall–Kier alpha value is -1.25. The fourth-order valence-corrected chi connectivity index (χ4v) is 3.03. The van der Waals surface area contributed by atoms with Gasteiger partial charge < -0.3 is 0 Å². The number of benzene rings is 1. The number of alkyl halides is 2. The van der Waals surface area contributed by atoms with Crippen molar-refractivity contribution in [3.63, 3.8) is 0 Å². The lowest BCUT2D eigenvalue weighted by Crippen LogP contribution is -2.44. The van der Waals surface area contributed by atoms with Crippen molar-refractivity contribution >= 4 is 5.78 Å². The minimum atomic E-state index is -2.62. The van der Waals surface area contributed by atoms with Crippen molar-refractivity contribution < 1.29 is 13.6 Å². The van der Waals surface area contributed by atoms with E-state index in [0.29, 0.717) is 0 Å². The summed E-state index contributed by atoms with van der Waals surface area (Å²) in [6, 6.07) is 9.41. The molecule has 0 amide bonds. The molecule has 19 heavy (non-hydrogen) atoms. The number of ketones is 1. The Bertz CT molecular complexity index is 441. The van der Waals surface area contributed by atoms with E-state index in [2.05, 4.69) is 0 Å². The molecule has 0 N–H and O–H groups in total. The molecule has 1 aliphatic carbocycles. The number of carbonyl (C=O) groups excluding carboxylic acids is 1. The average Bonchev–Trinajstić information content (AvgIpc) is 2.39. The second-order valence-electron chi connectivity index (χ2n) is 5.82. The summed E-state index contributed by atoms with van der Waals surface area (Å²) in [5, 5.41) is 0. The number of carbonyl (C=O) groups is 1. The monoisotopic (exact) mass is 266 g/mol. The SMILES string of the molecule is CC(C)C(=O)C1(c2ccccc2)CCC(F)(F)CC1. The van der Waals surface area contributed by atoms with Crippen molar-refractivity contribution in [2.24, 2.45) is 5.92 Å². The summed E-state index contributed by atoms with van der Waals surface area (Å²) in [5.74, 6) is -2.66. The van der Waals surface area contributed by atoms with E-state index in [0.717, 1.165) is 5.56 Å². The molecule has 1 fully saturated rings. The molecule has 0 aromatic heterocycles. The Morgan fingerprint density at radius 2 is 1.58 bits per heavy atom. The van der Waals surface area contributed by atoms with Crippen molar-refractivity contribution in [1.82, 2.24) is 0 Å². The first-order valence-corrected chi connectivity index (χ1v) is 6.85. The van der Waals surface area contributed by atoms with Crippen LogP contribution in [0, 0.1) is 5.92 Å². The summed E-state index contributed by atoms with van der Waals surface area (Å²) in [5.41, 5.74) is 0.182. The Labute approximate surface area is 113 Å². The predicted octanol–water partition coefficient (Wildman–Crippen LogP) is 4.36. The highest BCUT2D eigenvalue weighted by molar-refractivity contribution is 5.91. The van der Waals surface area contributed by atoms with Gasteiger partial charge in [0.25, 0.3) is 0 Å². The van der Waals surface area contributed by atoms with Crippen LogP contribution in [0.1, 0.15) is 45.1 Å². The first kappa shape index (κ1) is 14.2. The molecule has 0 spiro atoms. The van der Waals surface area contributed by atoms with E-state index in [4.69, 9.17) is 0 Å². The van der Waals surface area contributed by atoms with Crippen LogP contribution in [0.3, 0.4) is 0 Å². The van der Waals surface area contributed by atoms with E-state index in [9.17, 15) is 13.6 Å². The van der Waals surface area contributed by atoms with Gasteiger partial charge in [0.1, 0.15) is 5.78 Å². The largest absolute Gasteiger partial charge is 0.298 e. The first-order chi connectivity index (χ1) is 8.87. The highest BCUT2D eigenvalue weighted by Crippen LogP contribution is 2.47. The average molecular weight is 266 g/mol. The third-order valence-electron chi connectivity index (χ3n) is 4.16. The number of halogens is 2. The molecule has 1 aliphatic rings. The van der Waals surface area contributed by atoms with Gasteiger partial charge in [0.2, 0.25) is 5.92 Å².